The summed E-state index contributed by atoms with van der Waals surface area (Å²) in [5.74, 6) is -3.56. The molecule has 3 aromatic rings. The summed E-state index contributed by atoms with van der Waals surface area (Å²) in [6.07, 6.45) is 2.76. The van der Waals surface area contributed by atoms with Gasteiger partial charge in [0.15, 0.2) is 17.4 Å². The van der Waals surface area contributed by atoms with Gasteiger partial charge in [0.05, 0.1) is 49.2 Å². The minimum Gasteiger partial charge on any atom is -0.494 e. The molecule has 0 radical (unpaired) electrons. The van der Waals surface area contributed by atoms with Crippen molar-refractivity contribution in [2.24, 2.45) is 12.8 Å². The van der Waals surface area contributed by atoms with Crippen LogP contribution in [0.1, 0.15) is 40.2 Å². The van der Waals surface area contributed by atoms with Gasteiger partial charge >= 0.3 is 0 Å². The van der Waals surface area contributed by atoms with Crippen LogP contribution in [-0.2, 0) is 16.6 Å². The van der Waals surface area contributed by atoms with Crippen molar-refractivity contribution in [2.45, 2.75) is 25.3 Å². The Balaban J connectivity index is 1.33. The zero-order valence-corrected chi connectivity index (χ0v) is 24.5. The number of rotatable bonds is 11. The van der Waals surface area contributed by atoms with Crippen LogP contribution in [0.4, 0.5) is 14.5 Å². The fraction of sp³-hybridized carbons (Fsp3) is 0.379. The van der Waals surface area contributed by atoms with E-state index in [1.54, 1.807) is 4.90 Å². The molecule has 1 aromatic heterocycles. The smallest absolute Gasteiger partial charge is 0.291 e. The Bertz CT molecular complexity index is 1490. The van der Waals surface area contributed by atoms with Crippen LogP contribution >= 0.6 is 11.6 Å². The maximum absolute atomic E-state index is 14.6. The average Bonchev–Trinajstić information content (AvgIpc) is 3.37. The van der Waals surface area contributed by atoms with Gasteiger partial charge in [-0.05, 0) is 43.2 Å². The van der Waals surface area contributed by atoms with Gasteiger partial charge in [-0.2, -0.15) is 4.39 Å². The van der Waals surface area contributed by atoms with E-state index >= 15 is 0 Å². The van der Waals surface area contributed by atoms with E-state index < -0.39 is 17.5 Å². The monoisotopic (exact) mass is 618 g/mol. The molecule has 0 aliphatic carbocycles. The highest BCUT2D eigenvalue weighted by atomic mass is 35.5. The Labute approximate surface area is 252 Å². The minimum atomic E-state index is -1.15. The van der Waals surface area contributed by atoms with Gasteiger partial charge in [0, 0.05) is 44.0 Å². The number of benzene rings is 2. The number of aromatic nitrogens is 2. The number of piperidine rings is 1. The maximum Gasteiger partial charge on any atom is 0.291 e. The predicted molar refractivity (Wildman–Crippen MR) is 156 cm³/mol. The van der Waals surface area contributed by atoms with Gasteiger partial charge in [0.2, 0.25) is 11.7 Å². The molecule has 0 atom stereocenters. The Hall–Kier alpha value is -4.07. The van der Waals surface area contributed by atoms with Gasteiger partial charge in [0.1, 0.15) is 0 Å². The SMILES string of the molecule is COc1ccc(-c2cnc(C(=O)Nc3ccc(C(=O)NC4CCN(C(=O)CCOCCN)CC4)c(Cl)c3)n2C)c(F)c1F. The molecule has 4 rings (SSSR count). The van der Waals surface area contributed by atoms with Crippen LogP contribution in [0.5, 0.6) is 5.75 Å². The van der Waals surface area contributed by atoms with Crippen molar-refractivity contribution in [2.75, 3.05) is 45.3 Å². The Kier molecular flexibility index (Phi) is 10.7. The lowest BCUT2D eigenvalue weighted by Crippen LogP contribution is -2.46. The predicted octanol–water partition coefficient (Wildman–Crippen LogP) is 3.37. The summed E-state index contributed by atoms with van der Waals surface area (Å²) in [6.45, 7) is 2.20. The number of halogens is 3. The average molecular weight is 619 g/mol. The normalized spacial score (nSPS) is 13.6. The topological polar surface area (TPSA) is 141 Å². The molecule has 0 bridgehead atoms. The number of imidazole rings is 1. The second-order valence-electron chi connectivity index (χ2n) is 9.90. The summed E-state index contributed by atoms with van der Waals surface area (Å²) in [4.78, 5) is 44.0. The summed E-state index contributed by atoms with van der Waals surface area (Å²) in [5, 5.41) is 5.73. The van der Waals surface area contributed by atoms with E-state index in [2.05, 4.69) is 15.6 Å². The molecule has 0 spiro atoms. The number of nitrogens with two attached hydrogens (primary N) is 1. The number of amides is 3. The van der Waals surface area contributed by atoms with Crippen molar-refractivity contribution in [3.63, 3.8) is 0 Å². The summed E-state index contributed by atoms with van der Waals surface area (Å²) in [7, 11) is 2.73. The molecule has 1 aliphatic heterocycles. The van der Waals surface area contributed by atoms with Crippen molar-refractivity contribution in [3.05, 3.63) is 64.6 Å². The molecule has 1 aliphatic rings. The molecule has 1 fully saturated rings. The second-order valence-corrected chi connectivity index (χ2v) is 10.3. The van der Waals surface area contributed by atoms with Gasteiger partial charge in [-0.25, -0.2) is 9.37 Å². The van der Waals surface area contributed by atoms with Crippen LogP contribution in [0.15, 0.2) is 36.5 Å². The van der Waals surface area contributed by atoms with Crippen molar-refractivity contribution in [3.8, 4) is 17.0 Å². The lowest BCUT2D eigenvalue weighted by Gasteiger charge is -2.32. The zero-order chi connectivity index (χ0) is 31.1. The molecule has 2 aromatic carbocycles. The lowest BCUT2D eigenvalue weighted by atomic mass is 10.0. The first-order chi connectivity index (χ1) is 20.6. The summed E-state index contributed by atoms with van der Waals surface area (Å²) in [5.41, 5.74) is 6.00. The molecule has 2 heterocycles. The number of carbonyl (C=O) groups is 3. The molecule has 11 nitrogen and oxygen atoms in total. The van der Waals surface area contributed by atoms with Crippen LogP contribution in [0.3, 0.4) is 0 Å². The van der Waals surface area contributed by atoms with Crippen LogP contribution in [0.25, 0.3) is 11.3 Å². The van der Waals surface area contributed by atoms with E-state index in [1.807, 2.05) is 0 Å². The first kappa shape index (κ1) is 31.9. The third kappa shape index (κ3) is 7.48. The van der Waals surface area contributed by atoms with Crippen molar-refractivity contribution >= 4 is 35.0 Å². The third-order valence-corrected chi connectivity index (χ3v) is 7.42. The summed E-state index contributed by atoms with van der Waals surface area (Å²) in [6, 6.07) is 6.95. The van der Waals surface area contributed by atoms with Crippen LogP contribution in [-0.4, -0.2) is 78.2 Å². The first-order valence-electron chi connectivity index (χ1n) is 13.7. The number of carbonyl (C=O) groups excluding carboxylic acids is 3. The third-order valence-electron chi connectivity index (χ3n) is 7.11. The summed E-state index contributed by atoms with van der Waals surface area (Å²) < 4.78 is 40.2. The molecular formula is C29H33ClF2N6O5. The fourth-order valence-corrected chi connectivity index (χ4v) is 5.03. The van der Waals surface area contributed by atoms with E-state index in [4.69, 9.17) is 26.8 Å². The molecule has 1 saturated heterocycles. The van der Waals surface area contributed by atoms with Gasteiger partial charge in [-0.3, -0.25) is 14.4 Å². The molecule has 0 unspecified atom stereocenters. The molecule has 43 heavy (non-hydrogen) atoms. The van der Waals surface area contributed by atoms with Crippen LogP contribution in [0.2, 0.25) is 5.02 Å². The minimum absolute atomic E-state index is 0.00559. The van der Waals surface area contributed by atoms with Crippen LogP contribution in [0, 0.1) is 11.6 Å². The Morgan fingerprint density at radius 3 is 2.51 bits per heavy atom. The van der Waals surface area contributed by atoms with Crippen molar-refractivity contribution < 1.29 is 32.6 Å². The molecule has 14 heteroatoms. The highest BCUT2D eigenvalue weighted by molar-refractivity contribution is 6.34. The van der Waals surface area contributed by atoms with E-state index in [0.717, 1.165) is 0 Å². The van der Waals surface area contributed by atoms with Gasteiger partial charge in [0.25, 0.3) is 11.8 Å². The number of anilines is 1. The number of nitrogens with zero attached hydrogens (tertiary/aromatic N) is 3. The van der Waals surface area contributed by atoms with E-state index in [1.165, 1.54) is 55.3 Å². The molecule has 230 valence electrons. The zero-order valence-electron chi connectivity index (χ0n) is 23.8. The standard InChI is InChI=1S/C29H33ClF2N6O5/c1-37-22(20-5-6-23(42-2)26(32)25(20)31)16-34-27(37)29(41)36-18-3-4-19(21(30)15-18)28(40)35-17-7-11-38(12-8-17)24(39)9-13-43-14-10-33/h3-6,15-17H,7-14,33H2,1-2H3,(H,35,40)(H,36,41). The fourth-order valence-electron chi connectivity index (χ4n) is 4.76. The first-order valence-corrected chi connectivity index (χ1v) is 14.0. The molecular weight excluding hydrogens is 586 g/mol. The van der Waals surface area contributed by atoms with Gasteiger partial charge in [-0.1, -0.05) is 11.6 Å². The number of methoxy groups -OCH3 is 1. The van der Waals surface area contributed by atoms with E-state index in [-0.39, 0.29) is 57.7 Å². The second kappa shape index (κ2) is 14.4. The van der Waals surface area contributed by atoms with E-state index in [9.17, 15) is 23.2 Å². The lowest BCUT2D eigenvalue weighted by molar-refractivity contribution is -0.133. The Morgan fingerprint density at radius 1 is 1.09 bits per heavy atom. The van der Waals surface area contributed by atoms with Gasteiger partial charge in [-0.15, -0.1) is 0 Å². The van der Waals surface area contributed by atoms with Crippen LogP contribution < -0.4 is 21.1 Å². The maximum atomic E-state index is 14.6. The Morgan fingerprint density at radius 2 is 1.84 bits per heavy atom. The van der Waals surface area contributed by atoms with E-state index in [0.29, 0.717) is 51.4 Å². The molecule has 4 N–H and O–H groups in total. The molecule has 0 saturated carbocycles. The highest BCUT2D eigenvalue weighted by Gasteiger charge is 2.25. The molecule has 3 amide bonds. The number of likely N-dealkylation sites (tertiary alicyclic amines) is 1. The number of hydrogen-bond donors (Lipinski definition) is 3. The quantitative estimate of drug-likeness (QED) is 0.280. The van der Waals surface area contributed by atoms with Crippen molar-refractivity contribution in [1.82, 2.24) is 19.8 Å². The number of hydrogen-bond acceptors (Lipinski definition) is 7. The largest absolute Gasteiger partial charge is 0.494 e. The number of nitrogens with one attached hydrogen (secondary N) is 2. The highest BCUT2D eigenvalue weighted by Crippen LogP contribution is 2.30. The van der Waals surface area contributed by atoms with Gasteiger partial charge < -0.3 is 35.3 Å². The van der Waals surface area contributed by atoms with Crippen molar-refractivity contribution in [1.29, 1.82) is 0 Å². The number of ether oxygens (including phenoxy) is 2. The summed E-state index contributed by atoms with van der Waals surface area (Å²) >= 11 is 6.39.